The summed E-state index contributed by atoms with van der Waals surface area (Å²) in [4.78, 5) is 14.6. The van der Waals surface area contributed by atoms with Gasteiger partial charge in [-0.3, -0.25) is 9.69 Å². The Labute approximate surface area is 128 Å². The van der Waals surface area contributed by atoms with E-state index in [0.717, 1.165) is 37.3 Å². The van der Waals surface area contributed by atoms with Crippen molar-refractivity contribution in [3.63, 3.8) is 0 Å². The van der Waals surface area contributed by atoms with Gasteiger partial charge >= 0.3 is 0 Å². The van der Waals surface area contributed by atoms with Crippen LogP contribution in [0.5, 0.6) is 0 Å². The number of carbonyl (C=O) groups is 1. The van der Waals surface area contributed by atoms with Crippen LogP contribution in [0, 0.1) is 0 Å². The zero-order valence-electron chi connectivity index (χ0n) is 13.3. The van der Waals surface area contributed by atoms with Crippen molar-refractivity contribution in [2.45, 2.75) is 45.3 Å². The molecule has 0 aromatic heterocycles. The van der Waals surface area contributed by atoms with Crippen LogP contribution in [-0.2, 0) is 4.43 Å². The summed E-state index contributed by atoms with van der Waals surface area (Å²) in [7, 11) is -1.73. The van der Waals surface area contributed by atoms with E-state index in [1.54, 1.807) is 0 Å². The summed E-state index contributed by atoms with van der Waals surface area (Å²) >= 11 is 0. The lowest BCUT2D eigenvalue weighted by Crippen LogP contribution is -2.37. The van der Waals surface area contributed by atoms with Crippen LogP contribution in [0.2, 0.25) is 19.6 Å². The van der Waals surface area contributed by atoms with Crippen LogP contribution in [0.1, 0.15) is 36.0 Å². The van der Waals surface area contributed by atoms with Gasteiger partial charge in [0.2, 0.25) is 8.32 Å². The lowest BCUT2D eigenvalue weighted by atomic mass is 10.1. The molecule has 0 aliphatic carbocycles. The molecule has 1 aliphatic rings. The molecule has 2 rings (SSSR count). The summed E-state index contributed by atoms with van der Waals surface area (Å²) in [6.07, 6.45) is 6.45. The quantitative estimate of drug-likeness (QED) is 0.775. The fourth-order valence-corrected chi connectivity index (χ4v) is 3.21. The molecule has 4 heteroatoms. The monoisotopic (exact) mass is 303 g/mol. The Morgan fingerprint density at radius 3 is 2.48 bits per heavy atom. The lowest BCUT2D eigenvalue weighted by molar-refractivity contribution is 0.0729. The molecular weight excluding hydrogens is 278 g/mol. The van der Waals surface area contributed by atoms with E-state index >= 15 is 0 Å². The number of amides is 1. The molecule has 1 aromatic rings. The fraction of sp³-hybridized carbons (Fsp3) is 0.471. The van der Waals surface area contributed by atoms with Gasteiger partial charge in [0, 0.05) is 12.1 Å². The highest BCUT2D eigenvalue weighted by molar-refractivity contribution is 6.70. The summed E-state index contributed by atoms with van der Waals surface area (Å²) in [5.41, 5.74) is 0.725. The minimum Gasteiger partial charge on any atom is -0.533 e. The van der Waals surface area contributed by atoms with E-state index in [1.807, 2.05) is 35.2 Å². The van der Waals surface area contributed by atoms with Crippen LogP contribution < -0.4 is 0 Å². The maximum absolute atomic E-state index is 12.8. The van der Waals surface area contributed by atoms with Crippen molar-refractivity contribution in [1.82, 2.24) is 4.90 Å². The van der Waals surface area contributed by atoms with Crippen molar-refractivity contribution in [3.8, 4) is 0 Å². The number of hydrogen-bond donors (Lipinski definition) is 0. The van der Waals surface area contributed by atoms with Crippen LogP contribution in [0.4, 0.5) is 0 Å². The molecule has 1 aliphatic heterocycles. The molecule has 0 saturated heterocycles. The summed E-state index contributed by atoms with van der Waals surface area (Å²) < 4.78 is 6.17. The third-order valence-corrected chi connectivity index (χ3v) is 4.17. The van der Waals surface area contributed by atoms with Crippen LogP contribution in [0.3, 0.4) is 0 Å². The highest BCUT2D eigenvalue weighted by Crippen LogP contribution is 2.22. The Morgan fingerprint density at radius 1 is 1.10 bits per heavy atom. The molecule has 0 radical (unpaired) electrons. The molecule has 0 saturated carbocycles. The Bertz CT molecular complexity index is 505. The molecule has 1 aromatic carbocycles. The molecule has 0 unspecified atom stereocenters. The van der Waals surface area contributed by atoms with Gasteiger partial charge in [-0.25, -0.2) is 0 Å². The average Bonchev–Trinajstić information content (AvgIpc) is 2.41. The molecule has 114 valence electrons. The van der Waals surface area contributed by atoms with Gasteiger partial charge in [0.05, 0.1) is 0 Å². The zero-order chi connectivity index (χ0) is 15.3. The minimum atomic E-state index is -1.73. The van der Waals surface area contributed by atoms with E-state index in [9.17, 15) is 4.79 Å². The Morgan fingerprint density at radius 2 is 1.81 bits per heavy atom. The summed E-state index contributed by atoms with van der Waals surface area (Å²) in [5, 5.41) is 0. The third kappa shape index (κ3) is 4.74. The average molecular weight is 303 g/mol. The summed E-state index contributed by atoms with van der Waals surface area (Å²) in [6, 6.07) is 9.47. The Hall–Kier alpha value is -1.55. The zero-order valence-corrected chi connectivity index (χ0v) is 14.3. The molecular formula is C17H25NO2Si. The minimum absolute atomic E-state index is 0.0435. The van der Waals surface area contributed by atoms with E-state index in [0.29, 0.717) is 0 Å². The molecule has 21 heavy (non-hydrogen) atoms. The molecule has 0 atom stereocenters. The van der Waals surface area contributed by atoms with Crippen LogP contribution in [-0.4, -0.2) is 25.7 Å². The second-order valence-corrected chi connectivity index (χ2v) is 10.9. The van der Waals surface area contributed by atoms with Gasteiger partial charge in [-0.1, -0.05) is 24.6 Å². The number of nitrogens with zero attached hydrogens (tertiary/aromatic N) is 1. The SMILES string of the molecule is C[Si](C)(C)O/C1=C/CCCCCN1C(=O)c1ccccc1. The normalized spacial score (nSPS) is 19.2. The first-order chi connectivity index (χ1) is 9.97. The number of benzene rings is 1. The van der Waals surface area contributed by atoms with Crippen LogP contribution in [0.25, 0.3) is 0 Å². The van der Waals surface area contributed by atoms with Crippen LogP contribution >= 0.6 is 0 Å². The molecule has 0 fully saturated rings. The third-order valence-electron chi connectivity index (χ3n) is 3.35. The van der Waals surface area contributed by atoms with Gasteiger partial charge < -0.3 is 4.43 Å². The van der Waals surface area contributed by atoms with Crippen molar-refractivity contribution >= 4 is 14.2 Å². The first-order valence-electron chi connectivity index (χ1n) is 7.73. The molecule has 0 bridgehead atoms. The number of carbonyl (C=O) groups excluding carboxylic acids is 1. The van der Waals surface area contributed by atoms with E-state index in [4.69, 9.17) is 4.43 Å². The molecule has 0 spiro atoms. The van der Waals surface area contributed by atoms with Gasteiger partial charge in [0.1, 0.15) is 0 Å². The van der Waals surface area contributed by atoms with Crippen LogP contribution in [0.15, 0.2) is 42.3 Å². The second kappa shape index (κ2) is 6.94. The van der Waals surface area contributed by atoms with Gasteiger partial charge in [0.15, 0.2) is 5.88 Å². The van der Waals surface area contributed by atoms with Gasteiger partial charge in [-0.05, 0) is 57.1 Å². The Balaban J connectivity index is 2.26. The summed E-state index contributed by atoms with van der Waals surface area (Å²) in [5.74, 6) is 0.810. The van der Waals surface area contributed by atoms with Gasteiger partial charge in [0.25, 0.3) is 5.91 Å². The van der Waals surface area contributed by atoms with E-state index in [-0.39, 0.29) is 5.91 Å². The standard InChI is InChI=1S/C17H25NO2Si/c1-21(2,3)20-16-13-9-4-5-10-14-18(16)17(19)15-11-7-6-8-12-15/h6-8,11-13H,4-5,9-10,14H2,1-3H3/b16-13+. The van der Waals surface area contributed by atoms with E-state index in [2.05, 4.69) is 25.7 Å². The molecule has 1 amide bonds. The molecule has 3 nitrogen and oxygen atoms in total. The number of hydrogen-bond acceptors (Lipinski definition) is 2. The Kier molecular flexibility index (Phi) is 5.23. The smallest absolute Gasteiger partial charge is 0.260 e. The summed E-state index contributed by atoms with van der Waals surface area (Å²) in [6.45, 7) is 7.19. The van der Waals surface area contributed by atoms with Crippen molar-refractivity contribution < 1.29 is 9.22 Å². The second-order valence-electron chi connectivity index (χ2n) is 6.43. The van der Waals surface area contributed by atoms with Crippen molar-refractivity contribution in [1.29, 1.82) is 0 Å². The van der Waals surface area contributed by atoms with Crippen molar-refractivity contribution in [2.75, 3.05) is 6.54 Å². The first kappa shape index (κ1) is 15.8. The van der Waals surface area contributed by atoms with Gasteiger partial charge in [-0.15, -0.1) is 0 Å². The highest BCUT2D eigenvalue weighted by Gasteiger charge is 2.26. The van der Waals surface area contributed by atoms with E-state index < -0.39 is 8.32 Å². The lowest BCUT2D eigenvalue weighted by Gasteiger charge is -2.31. The first-order valence-corrected chi connectivity index (χ1v) is 11.1. The molecule has 0 N–H and O–H groups in total. The number of allylic oxidation sites excluding steroid dienone is 1. The predicted molar refractivity (Wildman–Crippen MR) is 88.5 cm³/mol. The highest BCUT2D eigenvalue weighted by atomic mass is 28.4. The van der Waals surface area contributed by atoms with Crippen molar-refractivity contribution in [2.24, 2.45) is 0 Å². The van der Waals surface area contributed by atoms with Gasteiger partial charge in [-0.2, -0.15) is 0 Å². The largest absolute Gasteiger partial charge is 0.533 e. The maximum atomic E-state index is 12.8. The molecule has 1 heterocycles. The topological polar surface area (TPSA) is 29.5 Å². The van der Waals surface area contributed by atoms with Crippen molar-refractivity contribution in [3.05, 3.63) is 47.9 Å². The van der Waals surface area contributed by atoms with E-state index in [1.165, 1.54) is 6.42 Å². The maximum Gasteiger partial charge on any atom is 0.260 e. The fourth-order valence-electron chi connectivity index (χ4n) is 2.39. The number of rotatable bonds is 3. The predicted octanol–water partition coefficient (Wildman–Crippen LogP) is 4.40.